The van der Waals surface area contributed by atoms with E-state index < -0.39 is 20.2 Å². The van der Waals surface area contributed by atoms with Crippen molar-refractivity contribution >= 4 is 28.5 Å². The molecule has 0 radical (unpaired) electrons. The maximum absolute atomic E-state index is 8.69. The normalized spacial score (nSPS) is 11.2. The maximum Gasteiger partial charge on any atom is 0.144 e. The van der Waals surface area contributed by atoms with Crippen molar-refractivity contribution < 1.29 is 28.7 Å². The minimum absolute atomic E-state index is 1.39. The van der Waals surface area contributed by atoms with Gasteiger partial charge in [-0.05, 0) is 48.5 Å². The largest absolute Gasteiger partial charge is 0.144 e. The molecule has 1 N–H and O–H groups in total. The van der Waals surface area contributed by atoms with Gasteiger partial charge < -0.3 is 0 Å². The Balaban J connectivity index is 0.000000461. The molecule has 0 aromatic heterocycles. The molecule has 0 atom stereocenters. The molecular formula is C24H21MnO4P+. The van der Waals surface area contributed by atoms with Crippen LogP contribution in [0.5, 0.6) is 0 Å². The summed E-state index contributed by atoms with van der Waals surface area (Å²) in [5.74, 6) is 0. The summed E-state index contributed by atoms with van der Waals surface area (Å²) >= 11 is -5.38. The molecule has 4 aromatic rings. The van der Waals surface area contributed by atoms with Crippen LogP contribution in [0.4, 0.5) is 0 Å². The van der Waals surface area contributed by atoms with Gasteiger partial charge in [0.25, 0.3) is 0 Å². The van der Waals surface area contributed by atoms with E-state index in [2.05, 4.69) is 121 Å². The third-order valence-electron chi connectivity index (χ3n) is 4.57. The van der Waals surface area contributed by atoms with E-state index in [-0.39, 0.29) is 0 Å². The Labute approximate surface area is 178 Å². The Morgan fingerprint density at radius 3 is 0.767 bits per heavy atom. The third kappa shape index (κ3) is 5.21. The molecule has 0 bridgehead atoms. The summed E-state index contributed by atoms with van der Waals surface area (Å²) < 4.78 is 33.1. The van der Waals surface area contributed by atoms with Crippen molar-refractivity contribution in [1.29, 1.82) is 0 Å². The van der Waals surface area contributed by atoms with Crippen LogP contribution in [0.3, 0.4) is 0 Å². The van der Waals surface area contributed by atoms with Crippen LogP contribution in [0.15, 0.2) is 121 Å². The standard InChI is InChI=1S/C24H20P.Mn.H2O.3O/c1-5-13-21(14-6-1)25(22-15-7-2-8-16-22,23-17-9-3-10-18-23)24-19-11-4-12-20-24;;;;;/h1-20H;;1H2;;;/q2*+1;;;;/p-1. The van der Waals surface area contributed by atoms with Gasteiger partial charge >= 0.3 is 28.7 Å². The number of hydrogen-bond donors (Lipinski definition) is 1. The first-order chi connectivity index (χ1) is 14.4. The maximum atomic E-state index is 8.69. The van der Waals surface area contributed by atoms with Crippen LogP contribution in [0.1, 0.15) is 0 Å². The molecule has 0 heterocycles. The van der Waals surface area contributed by atoms with Crippen LogP contribution in [0, 0.1) is 0 Å². The van der Waals surface area contributed by atoms with Crippen LogP contribution < -0.4 is 21.2 Å². The summed E-state index contributed by atoms with van der Waals surface area (Å²) in [6, 6.07) is 43.8. The van der Waals surface area contributed by atoms with Crippen LogP contribution >= 0.6 is 7.26 Å². The molecule has 4 rings (SSSR count). The van der Waals surface area contributed by atoms with Gasteiger partial charge in [0.2, 0.25) is 0 Å². The van der Waals surface area contributed by atoms with Crippen molar-refractivity contribution in [3.63, 3.8) is 0 Å². The Kier molecular flexibility index (Phi) is 7.15. The van der Waals surface area contributed by atoms with Crippen molar-refractivity contribution in [1.82, 2.24) is 0 Å². The van der Waals surface area contributed by atoms with Gasteiger partial charge in [0.15, 0.2) is 0 Å². The molecule has 6 heteroatoms. The quantitative estimate of drug-likeness (QED) is 0.375. The minimum atomic E-state index is -5.38. The van der Waals surface area contributed by atoms with Gasteiger partial charge in [0.1, 0.15) is 28.5 Å². The molecule has 0 saturated heterocycles. The van der Waals surface area contributed by atoms with Crippen molar-refractivity contribution in [2.45, 2.75) is 0 Å². The average molecular weight is 459 g/mol. The monoisotopic (exact) mass is 459 g/mol. The van der Waals surface area contributed by atoms with E-state index in [4.69, 9.17) is 15.7 Å². The molecule has 0 unspecified atom stereocenters. The van der Waals surface area contributed by atoms with Crippen molar-refractivity contribution in [3.8, 4) is 0 Å². The molecular weight excluding hydrogens is 438 g/mol. The smallest absolute Gasteiger partial charge is 0.0620 e. The minimum Gasteiger partial charge on any atom is -0.0620 e. The summed E-state index contributed by atoms with van der Waals surface area (Å²) in [6.45, 7) is 0. The van der Waals surface area contributed by atoms with Gasteiger partial charge in [-0.3, -0.25) is 0 Å². The van der Waals surface area contributed by atoms with Gasteiger partial charge in [-0.2, -0.15) is 0 Å². The molecule has 0 aliphatic rings. The SMILES string of the molecule is [O]=[Mn](=[O])(=[O])[OH].c1ccc([P+](c2ccccc2)(c2ccccc2)c2ccccc2)cc1. The number of rotatable bonds is 4. The second-order valence-electron chi connectivity index (χ2n) is 6.41. The van der Waals surface area contributed by atoms with Crippen molar-refractivity contribution in [3.05, 3.63) is 121 Å². The fourth-order valence-electron chi connectivity index (χ4n) is 3.50. The molecule has 0 fully saturated rings. The Bertz CT molecular complexity index is 1050. The zero-order valence-corrected chi connectivity index (χ0v) is 18.1. The van der Waals surface area contributed by atoms with E-state index in [1.54, 1.807) is 0 Å². The predicted octanol–water partition coefficient (Wildman–Crippen LogP) is 3.39. The molecule has 0 amide bonds. The van der Waals surface area contributed by atoms with E-state index in [1.807, 2.05) is 0 Å². The van der Waals surface area contributed by atoms with E-state index in [0.29, 0.717) is 0 Å². The molecule has 152 valence electrons. The van der Waals surface area contributed by atoms with Gasteiger partial charge in [-0.15, -0.1) is 0 Å². The van der Waals surface area contributed by atoms with Crippen LogP contribution in [-0.4, -0.2) is 4.19 Å². The molecule has 0 aliphatic carbocycles. The first kappa shape index (κ1) is 21.9. The Morgan fingerprint density at radius 1 is 0.433 bits per heavy atom. The summed E-state index contributed by atoms with van der Waals surface area (Å²) in [5, 5.41) is 5.55. The Morgan fingerprint density at radius 2 is 0.600 bits per heavy atom. The molecule has 30 heavy (non-hydrogen) atoms. The topological polar surface area (TPSA) is 71.4 Å². The second-order valence-corrected chi connectivity index (χ2v) is 11.1. The summed E-state index contributed by atoms with van der Waals surface area (Å²) in [5.41, 5.74) is 0. The second kappa shape index (κ2) is 9.79. The summed E-state index contributed by atoms with van der Waals surface area (Å²) in [4.78, 5) is 0. The molecule has 0 saturated carbocycles. The molecule has 0 aliphatic heterocycles. The van der Waals surface area contributed by atoms with Crippen molar-refractivity contribution in [2.75, 3.05) is 0 Å². The average Bonchev–Trinajstić information content (AvgIpc) is 2.76. The summed E-state index contributed by atoms with van der Waals surface area (Å²) in [6.07, 6.45) is 0. The van der Waals surface area contributed by atoms with Gasteiger partial charge in [-0.1, -0.05) is 72.8 Å². The Hall–Kier alpha value is -2.81. The number of benzene rings is 4. The first-order valence-corrected chi connectivity index (χ1v) is 12.9. The van der Waals surface area contributed by atoms with Gasteiger partial charge in [0, 0.05) is 0 Å². The van der Waals surface area contributed by atoms with E-state index in [1.165, 1.54) is 21.2 Å². The van der Waals surface area contributed by atoms with Gasteiger partial charge in [0.05, 0.1) is 0 Å². The van der Waals surface area contributed by atoms with Crippen LogP contribution in [0.2, 0.25) is 0 Å². The molecule has 4 nitrogen and oxygen atoms in total. The molecule has 0 spiro atoms. The fraction of sp³-hybridized carbons (Fsp3) is 0. The number of hydrogen-bond acceptors (Lipinski definition) is 3. The van der Waals surface area contributed by atoms with E-state index in [0.717, 1.165) is 0 Å². The van der Waals surface area contributed by atoms with Crippen LogP contribution in [-0.2, 0) is 24.5 Å². The summed E-state index contributed by atoms with van der Waals surface area (Å²) in [7, 11) is -1.91. The van der Waals surface area contributed by atoms with Gasteiger partial charge in [-0.25, -0.2) is 0 Å². The van der Waals surface area contributed by atoms with Crippen molar-refractivity contribution in [2.24, 2.45) is 0 Å². The first-order valence-electron chi connectivity index (χ1n) is 9.17. The molecule has 4 aromatic carbocycles. The third-order valence-corrected chi connectivity index (χ3v) is 8.86. The van der Waals surface area contributed by atoms with E-state index >= 15 is 0 Å². The zero-order chi connectivity index (χ0) is 21.5. The van der Waals surface area contributed by atoms with Crippen LogP contribution in [0.25, 0.3) is 0 Å². The fourth-order valence-corrected chi connectivity index (χ4v) is 7.77. The zero-order valence-electron chi connectivity index (χ0n) is 16.0. The predicted molar refractivity (Wildman–Crippen MR) is 116 cm³/mol. The van der Waals surface area contributed by atoms with E-state index in [9.17, 15) is 0 Å².